The highest BCUT2D eigenvalue weighted by Crippen LogP contribution is 2.11. The molecule has 1 amide bonds. The van der Waals surface area contributed by atoms with Crippen LogP contribution in [0.1, 0.15) is 13.8 Å². The van der Waals surface area contributed by atoms with Gasteiger partial charge in [-0.2, -0.15) is 0 Å². The van der Waals surface area contributed by atoms with E-state index in [2.05, 4.69) is 11.9 Å². The van der Waals surface area contributed by atoms with E-state index in [4.69, 9.17) is 10.2 Å². The molecule has 0 fully saturated rings. The zero-order valence-corrected chi connectivity index (χ0v) is 8.13. The highest BCUT2D eigenvalue weighted by Gasteiger charge is 2.22. The van der Waals surface area contributed by atoms with Crippen LogP contribution < -0.4 is 5.32 Å². The van der Waals surface area contributed by atoms with Crippen LogP contribution in [-0.2, 0) is 4.79 Å². The first-order valence-corrected chi connectivity index (χ1v) is 4.10. The lowest BCUT2D eigenvalue weighted by Gasteiger charge is -2.24. The van der Waals surface area contributed by atoms with Crippen molar-refractivity contribution in [1.82, 2.24) is 5.32 Å². The molecule has 4 nitrogen and oxygen atoms in total. The van der Waals surface area contributed by atoms with Crippen LogP contribution in [-0.4, -0.2) is 35.9 Å². The number of nitrogens with one attached hydrogen (secondary N) is 1. The van der Waals surface area contributed by atoms with E-state index in [1.165, 1.54) is 0 Å². The third-order valence-corrected chi connectivity index (χ3v) is 1.83. The molecule has 0 rings (SSSR count). The average molecular weight is 187 g/mol. The molecule has 0 saturated carbocycles. The Kier molecular flexibility index (Phi) is 4.66. The minimum atomic E-state index is -0.662. The molecule has 0 radical (unpaired) electrons. The molecular formula is C9H17NO3. The first-order chi connectivity index (χ1) is 5.95. The fraction of sp³-hybridized carbons (Fsp3) is 0.667. The third kappa shape index (κ3) is 4.05. The Bertz CT molecular complexity index is 197. The SMILES string of the molecule is C=C(C)C(=O)NCC(C)(CO)CO. The molecule has 0 aliphatic carbocycles. The van der Waals surface area contributed by atoms with Gasteiger partial charge in [-0.1, -0.05) is 13.5 Å². The summed E-state index contributed by atoms with van der Waals surface area (Å²) < 4.78 is 0. The number of aliphatic hydroxyl groups is 2. The maximum absolute atomic E-state index is 11.0. The topological polar surface area (TPSA) is 69.6 Å². The van der Waals surface area contributed by atoms with Crippen molar-refractivity contribution in [3.8, 4) is 0 Å². The number of hydrogen-bond donors (Lipinski definition) is 3. The van der Waals surface area contributed by atoms with Gasteiger partial charge in [0.05, 0.1) is 13.2 Å². The van der Waals surface area contributed by atoms with E-state index in [-0.39, 0.29) is 25.7 Å². The summed E-state index contributed by atoms with van der Waals surface area (Å²) in [5.41, 5.74) is -0.247. The van der Waals surface area contributed by atoms with Gasteiger partial charge in [-0.15, -0.1) is 0 Å². The van der Waals surface area contributed by atoms with Crippen LogP contribution in [0.4, 0.5) is 0 Å². The molecule has 0 aliphatic heterocycles. The van der Waals surface area contributed by atoms with E-state index < -0.39 is 5.41 Å². The highest BCUT2D eigenvalue weighted by molar-refractivity contribution is 5.92. The summed E-state index contributed by atoms with van der Waals surface area (Å²) in [5.74, 6) is -0.256. The monoisotopic (exact) mass is 187 g/mol. The highest BCUT2D eigenvalue weighted by atomic mass is 16.3. The van der Waals surface area contributed by atoms with Gasteiger partial charge in [0.2, 0.25) is 5.91 Å². The number of rotatable bonds is 5. The molecule has 3 N–H and O–H groups in total. The van der Waals surface area contributed by atoms with E-state index >= 15 is 0 Å². The van der Waals surface area contributed by atoms with Gasteiger partial charge < -0.3 is 15.5 Å². The second-order valence-electron chi connectivity index (χ2n) is 3.59. The molecule has 0 bridgehead atoms. The van der Waals surface area contributed by atoms with Gasteiger partial charge in [-0.05, 0) is 6.92 Å². The molecule has 0 aromatic heterocycles. The van der Waals surface area contributed by atoms with Gasteiger partial charge in [0.15, 0.2) is 0 Å². The van der Waals surface area contributed by atoms with Crippen LogP contribution in [0.5, 0.6) is 0 Å². The van der Waals surface area contributed by atoms with E-state index in [1.807, 2.05) is 0 Å². The van der Waals surface area contributed by atoms with E-state index in [0.717, 1.165) is 0 Å². The van der Waals surface area contributed by atoms with Crippen LogP contribution in [0.25, 0.3) is 0 Å². The van der Waals surface area contributed by atoms with Gasteiger partial charge in [-0.3, -0.25) is 4.79 Å². The van der Waals surface area contributed by atoms with Crippen LogP contribution in [0.3, 0.4) is 0 Å². The molecule has 0 aromatic rings. The van der Waals surface area contributed by atoms with Crippen LogP contribution >= 0.6 is 0 Å². The van der Waals surface area contributed by atoms with Crippen molar-refractivity contribution in [3.05, 3.63) is 12.2 Å². The Labute approximate surface area is 78.3 Å². The Balaban J connectivity index is 4.00. The summed E-state index contributed by atoms with van der Waals surface area (Å²) in [6, 6.07) is 0. The smallest absolute Gasteiger partial charge is 0.246 e. The lowest BCUT2D eigenvalue weighted by atomic mass is 9.93. The van der Waals surface area contributed by atoms with Crippen molar-refractivity contribution < 1.29 is 15.0 Å². The molecule has 0 aromatic carbocycles. The summed E-state index contributed by atoms with van der Waals surface area (Å²) in [6.07, 6.45) is 0. The quantitative estimate of drug-likeness (QED) is 0.516. The Morgan fingerprint density at radius 3 is 2.23 bits per heavy atom. The number of hydrogen-bond acceptors (Lipinski definition) is 3. The maximum atomic E-state index is 11.0. The van der Waals surface area contributed by atoms with E-state index in [9.17, 15) is 4.79 Å². The normalized spacial score (nSPS) is 11.1. The van der Waals surface area contributed by atoms with Crippen molar-refractivity contribution in [1.29, 1.82) is 0 Å². The summed E-state index contributed by atoms with van der Waals surface area (Å²) in [5, 5.41) is 20.4. The van der Waals surface area contributed by atoms with Crippen LogP contribution in [0.15, 0.2) is 12.2 Å². The van der Waals surface area contributed by atoms with E-state index in [0.29, 0.717) is 5.57 Å². The van der Waals surface area contributed by atoms with Crippen molar-refractivity contribution >= 4 is 5.91 Å². The van der Waals surface area contributed by atoms with Crippen molar-refractivity contribution in [2.75, 3.05) is 19.8 Å². The van der Waals surface area contributed by atoms with E-state index in [1.54, 1.807) is 13.8 Å². The minimum Gasteiger partial charge on any atom is -0.396 e. The number of aliphatic hydroxyl groups excluding tert-OH is 2. The molecule has 0 atom stereocenters. The molecule has 0 spiro atoms. The van der Waals surface area contributed by atoms with Gasteiger partial charge in [-0.25, -0.2) is 0 Å². The molecular weight excluding hydrogens is 170 g/mol. The molecule has 76 valence electrons. The van der Waals surface area contributed by atoms with Gasteiger partial charge in [0.1, 0.15) is 0 Å². The Morgan fingerprint density at radius 2 is 1.92 bits per heavy atom. The first kappa shape index (κ1) is 12.1. The minimum absolute atomic E-state index is 0.167. The molecule has 13 heavy (non-hydrogen) atoms. The largest absolute Gasteiger partial charge is 0.396 e. The van der Waals surface area contributed by atoms with Crippen molar-refractivity contribution in [2.45, 2.75) is 13.8 Å². The van der Waals surface area contributed by atoms with Gasteiger partial charge in [0.25, 0.3) is 0 Å². The Morgan fingerprint density at radius 1 is 1.46 bits per heavy atom. The van der Waals surface area contributed by atoms with Gasteiger partial charge in [0, 0.05) is 17.5 Å². The number of amides is 1. The van der Waals surface area contributed by atoms with Crippen LogP contribution in [0.2, 0.25) is 0 Å². The predicted octanol–water partition coefficient (Wildman–Crippen LogP) is -0.330. The lowest BCUT2D eigenvalue weighted by molar-refractivity contribution is -0.118. The summed E-state index contributed by atoms with van der Waals surface area (Å²) >= 11 is 0. The number of carbonyl (C=O) groups excluding carboxylic acids is 1. The third-order valence-electron chi connectivity index (χ3n) is 1.83. The second-order valence-corrected chi connectivity index (χ2v) is 3.59. The lowest BCUT2D eigenvalue weighted by Crippen LogP contribution is -2.40. The zero-order chi connectivity index (χ0) is 10.5. The number of carbonyl (C=O) groups is 1. The molecule has 0 unspecified atom stereocenters. The average Bonchev–Trinajstić information content (AvgIpc) is 2.13. The summed E-state index contributed by atoms with van der Waals surface area (Å²) in [7, 11) is 0. The van der Waals surface area contributed by atoms with Gasteiger partial charge >= 0.3 is 0 Å². The second kappa shape index (κ2) is 4.99. The van der Waals surface area contributed by atoms with Crippen LogP contribution in [0, 0.1) is 5.41 Å². The fourth-order valence-corrected chi connectivity index (χ4v) is 0.606. The molecule has 0 aliphatic rings. The standard InChI is InChI=1S/C9H17NO3/c1-7(2)8(13)10-4-9(3,5-11)6-12/h11-12H,1,4-6H2,2-3H3,(H,10,13). The van der Waals surface area contributed by atoms with Crippen molar-refractivity contribution in [2.24, 2.45) is 5.41 Å². The predicted molar refractivity (Wildman–Crippen MR) is 50.1 cm³/mol. The molecule has 0 saturated heterocycles. The molecule has 0 heterocycles. The zero-order valence-electron chi connectivity index (χ0n) is 8.13. The molecule has 4 heteroatoms. The summed E-state index contributed by atoms with van der Waals surface area (Å²) in [6.45, 7) is 6.67. The van der Waals surface area contributed by atoms with Crippen molar-refractivity contribution in [3.63, 3.8) is 0 Å². The first-order valence-electron chi connectivity index (χ1n) is 4.10. The summed E-state index contributed by atoms with van der Waals surface area (Å²) in [4.78, 5) is 11.0. The maximum Gasteiger partial charge on any atom is 0.246 e. The fourth-order valence-electron chi connectivity index (χ4n) is 0.606. The Hall–Kier alpha value is -0.870.